The van der Waals surface area contributed by atoms with Crippen LogP contribution in [0.25, 0.3) is 0 Å². The summed E-state index contributed by atoms with van der Waals surface area (Å²) < 4.78 is 0. The van der Waals surface area contributed by atoms with Gasteiger partial charge in [-0.1, -0.05) is 0 Å². The van der Waals surface area contributed by atoms with Gasteiger partial charge < -0.3 is 10.2 Å². The van der Waals surface area contributed by atoms with Crippen LogP contribution in [-0.4, -0.2) is 34.9 Å². The topological polar surface area (TPSA) is 45.2 Å². The first-order valence-corrected chi connectivity index (χ1v) is 7.61. The zero-order chi connectivity index (χ0) is 12.4. The summed E-state index contributed by atoms with van der Waals surface area (Å²) in [6.07, 6.45) is 6.22. The zero-order valence-electron chi connectivity index (χ0n) is 10.5. The maximum absolute atomic E-state index is 11.9. The Kier molecular flexibility index (Phi) is 3.61. The lowest BCUT2D eigenvalue weighted by Crippen LogP contribution is -2.45. The van der Waals surface area contributed by atoms with E-state index in [1.807, 2.05) is 11.6 Å². The highest BCUT2D eigenvalue weighted by molar-refractivity contribution is 7.09. The fourth-order valence-electron chi connectivity index (χ4n) is 2.46. The molecule has 0 bridgehead atoms. The number of nitrogens with zero attached hydrogens (tertiary/aromatic N) is 2. The molecule has 1 saturated heterocycles. The molecule has 2 fully saturated rings. The van der Waals surface area contributed by atoms with Crippen LogP contribution in [0, 0.1) is 5.92 Å². The van der Waals surface area contributed by atoms with E-state index < -0.39 is 0 Å². The molecule has 0 atom stereocenters. The van der Waals surface area contributed by atoms with Crippen molar-refractivity contribution in [2.24, 2.45) is 5.92 Å². The number of piperidine rings is 1. The second-order valence-electron chi connectivity index (χ2n) is 5.18. The largest absolute Gasteiger partial charge is 0.342 e. The fourth-order valence-corrected chi connectivity index (χ4v) is 3.03. The van der Waals surface area contributed by atoms with Crippen LogP contribution in [0.5, 0.6) is 0 Å². The van der Waals surface area contributed by atoms with E-state index in [0.717, 1.165) is 50.3 Å². The van der Waals surface area contributed by atoms with Crippen LogP contribution in [0.4, 0.5) is 0 Å². The number of carbonyl (C=O) groups excluding carboxylic acids is 1. The van der Waals surface area contributed by atoms with E-state index in [1.165, 1.54) is 0 Å². The highest BCUT2D eigenvalue weighted by Crippen LogP contribution is 2.31. The van der Waals surface area contributed by atoms with Crippen molar-refractivity contribution in [2.75, 3.05) is 13.1 Å². The first kappa shape index (κ1) is 12.1. The molecule has 1 aliphatic heterocycles. The Bertz CT molecular complexity index is 394. The summed E-state index contributed by atoms with van der Waals surface area (Å²) >= 11 is 1.69. The number of thiazole rings is 1. The van der Waals surface area contributed by atoms with Gasteiger partial charge in [0, 0.05) is 43.2 Å². The van der Waals surface area contributed by atoms with E-state index in [2.05, 4.69) is 15.2 Å². The number of hydrogen-bond acceptors (Lipinski definition) is 4. The van der Waals surface area contributed by atoms with Crippen molar-refractivity contribution < 1.29 is 4.79 Å². The third-order valence-corrected chi connectivity index (χ3v) is 4.54. The molecule has 0 spiro atoms. The summed E-state index contributed by atoms with van der Waals surface area (Å²) in [5.41, 5.74) is 0. The molecule has 1 aliphatic carbocycles. The molecule has 0 unspecified atom stereocenters. The Morgan fingerprint density at radius 1 is 1.39 bits per heavy atom. The van der Waals surface area contributed by atoms with Gasteiger partial charge in [-0.2, -0.15) is 0 Å². The molecule has 2 aliphatic rings. The first-order valence-electron chi connectivity index (χ1n) is 6.73. The molecule has 5 heteroatoms. The minimum atomic E-state index is 0.366. The van der Waals surface area contributed by atoms with Gasteiger partial charge in [0.25, 0.3) is 0 Å². The number of rotatable bonds is 4. The lowest BCUT2D eigenvalue weighted by Gasteiger charge is -2.32. The van der Waals surface area contributed by atoms with Gasteiger partial charge in [-0.25, -0.2) is 4.98 Å². The Hall–Kier alpha value is -0.940. The molecular formula is C13H19N3OS. The summed E-state index contributed by atoms with van der Waals surface area (Å²) in [7, 11) is 0. The third kappa shape index (κ3) is 2.90. The van der Waals surface area contributed by atoms with Crippen LogP contribution in [0.2, 0.25) is 0 Å². The second kappa shape index (κ2) is 5.36. The molecule has 18 heavy (non-hydrogen) atoms. The van der Waals surface area contributed by atoms with E-state index in [9.17, 15) is 4.79 Å². The number of amides is 1. The summed E-state index contributed by atoms with van der Waals surface area (Å²) in [4.78, 5) is 18.2. The van der Waals surface area contributed by atoms with Crippen LogP contribution < -0.4 is 5.32 Å². The van der Waals surface area contributed by atoms with Gasteiger partial charge in [0.15, 0.2) is 0 Å². The van der Waals surface area contributed by atoms with Crippen LogP contribution in [0.15, 0.2) is 11.6 Å². The van der Waals surface area contributed by atoms with Crippen LogP contribution in [0.3, 0.4) is 0 Å². The molecule has 3 rings (SSSR count). The Morgan fingerprint density at radius 2 is 2.17 bits per heavy atom. The normalized spacial score (nSPS) is 21.2. The Morgan fingerprint density at radius 3 is 2.78 bits per heavy atom. The van der Waals surface area contributed by atoms with Crippen LogP contribution in [-0.2, 0) is 11.3 Å². The molecule has 4 nitrogen and oxygen atoms in total. The lowest BCUT2D eigenvalue weighted by atomic mass is 10.0. The lowest BCUT2D eigenvalue weighted by molar-refractivity contribution is -0.133. The van der Waals surface area contributed by atoms with E-state index in [0.29, 0.717) is 17.9 Å². The molecule has 1 aromatic rings. The van der Waals surface area contributed by atoms with Crippen molar-refractivity contribution >= 4 is 17.2 Å². The molecule has 1 aromatic heterocycles. The highest BCUT2D eigenvalue weighted by Gasteiger charge is 2.34. The maximum atomic E-state index is 11.9. The smallest absolute Gasteiger partial charge is 0.225 e. The van der Waals surface area contributed by atoms with Gasteiger partial charge >= 0.3 is 0 Å². The van der Waals surface area contributed by atoms with Crippen LogP contribution >= 0.6 is 11.3 Å². The maximum Gasteiger partial charge on any atom is 0.225 e. The van der Waals surface area contributed by atoms with Gasteiger partial charge in [-0.15, -0.1) is 11.3 Å². The number of hydrogen-bond donors (Lipinski definition) is 1. The fraction of sp³-hybridized carbons (Fsp3) is 0.692. The van der Waals surface area contributed by atoms with Gasteiger partial charge in [0.05, 0.1) is 0 Å². The number of nitrogens with one attached hydrogen (secondary N) is 1. The van der Waals surface area contributed by atoms with Crippen molar-refractivity contribution in [3.8, 4) is 0 Å². The van der Waals surface area contributed by atoms with Gasteiger partial charge in [-0.3, -0.25) is 4.79 Å². The van der Waals surface area contributed by atoms with Crippen molar-refractivity contribution in [1.29, 1.82) is 0 Å². The van der Waals surface area contributed by atoms with Crippen molar-refractivity contribution in [3.63, 3.8) is 0 Å². The molecule has 0 aromatic carbocycles. The highest BCUT2D eigenvalue weighted by atomic mass is 32.1. The summed E-state index contributed by atoms with van der Waals surface area (Å²) in [6.45, 7) is 2.70. The van der Waals surface area contributed by atoms with Crippen molar-refractivity contribution in [1.82, 2.24) is 15.2 Å². The first-order chi connectivity index (χ1) is 8.83. The third-order valence-electron chi connectivity index (χ3n) is 3.76. The summed E-state index contributed by atoms with van der Waals surface area (Å²) in [5.74, 6) is 0.762. The second-order valence-corrected chi connectivity index (χ2v) is 6.16. The standard InChI is InChI=1S/C13H19N3OS/c17-13(10-1-2-10)16-6-3-11(4-7-16)15-9-12-14-5-8-18-12/h5,8,10-11,15H,1-4,6-7,9H2. The number of likely N-dealkylation sites (tertiary alicyclic amines) is 1. The predicted octanol–water partition coefficient (Wildman–Crippen LogP) is 1.63. The number of aromatic nitrogens is 1. The summed E-state index contributed by atoms with van der Waals surface area (Å²) in [6, 6.07) is 0.539. The van der Waals surface area contributed by atoms with Crippen molar-refractivity contribution in [3.05, 3.63) is 16.6 Å². The molecule has 1 amide bonds. The van der Waals surface area contributed by atoms with Crippen LogP contribution in [0.1, 0.15) is 30.7 Å². The van der Waals surface area contributed by atoms with Gasteiger partial charge in [0.1, 0.15) is 5.01 Å². The SMILES string of the molecule is O=C(C1CC1)N1CCC(NCc2nccs2)CC1. The molecule has 0 radical (unpaired) electrons. The van der Waals surface area contributed by atoms with E-state index in [4.69, 9.17) is 0 Å². The van der Waals surface area contributed by atoms with E-state index in [1.54, 1.807) is 11.3 Å². The molecule has 1 saturated carbocycles. The predicted molar refractivity (Wildman–Crippen MR) is 71.3 cm³/mol. The summed E-state index contributed by atoms with van der Waals surface area (Å²) in [5, 5.41) is 6.69. The minimum Gasteiger partial charge on any atom is -0.342 e. The number of carbonyl (C=O) groups is 1. The Balaban J connectivity index is 1.41. The van der Waals surface area contributed by atoms with E-state index >= 15 is 0 Å². The minimum absolute atomic E-state index is 0.366. The average molecular weight is 265 g/mol. The monoisotopic (exact) mass is 265 g/mol. The molecule has 98 valence electrons. The molecule has 2 heterocycles. The Labute approximate surface area is 111 Å². The van der Waals surface area contributed by atoms with E-state index in [-0.39, 0.29) is 0 Å². The van der Waals surface area contributed by atoms with Gasteiger partial charge in [-0.05, 0) is 25.7 Å². The molecular weight excluding hydrogens is 246 g/mol. The van der Waals surface area contributed by atoms with Gasteiger partial charge in [0.2, 0.25) is 5.91 Å². The average Bonchev–Trinajstić information content (AvgIpc) is 3.13. The van der Waals surface area contributed by atoms with Crippen molar-refractivity contribution in [2.45, 2.75) is 38.3 Å². The zero-order valence-corrected chi connectivity index (χ0v) is 11.3. The quantitative estimate of drug-likeness (QED) is 0.900. The molecule has 1 N–H and O–H groups in total.